The second kappa shape index (κ2) is 8.27. The standard InChI is InChI=1S/C28H21N7O2/c1-17-22-23(19-7-6-14-29-15-19)24-26-31-25(18-10-12-21(36-2)13-11-18)33-34(26)16-30-27(24)37-28(22)35(32-17)20-8-4-3-5-9-20/h3-16,23H,1-2H3/t23-/m0/s1. The van der Waals surface area contributed by atoms with Crippen molar-refractivity contribution in [3.8, 4) is 34.6 Å². The van der Waals surface area contributed by atoms with E-state index in [2.05, 4.69) is 16.0 Å². The minimum Gasteiger partial charge on any atom is -0.497 e. The van der Waals surface area contributed by atoms with E-state index in [1.807, 2.05) is 78.5 Å². The van der Waals surface area contributed by atoms with Crippen LogP contribution >= 0.6 is 0 Å². The molecular formula is C28H21N7O2. The molecule has 0 spiro atoms. The smallest absolute Gasteiger partial charge is 0.230 e. The van der Waals surface area contributed by atoms with Crippen molar-refractivity contribution in [3.05, 3.63) is 108 Å². The van der Waals surface area contributed by atoms with Crippen LogP contribution < -0.4 is 9.47 Å². The number of pyridine rings is 1. The Bertz CT molecular complexity index is 1740. The summed E-state index contributed by atoms with van der Waals surface area (Å²) in [5, 5.41) is 9.58. The second-order valence-corrected chi connectivity index (χ2v) is 8.77. The van der Waals surface area contributed by atoms with E-state index in [1.165, 1.54) is 0 Å². The Morgan fingerprint density at radius 2 is 1.76 bits per heavy atom. The summed E-state index contributed by atoms with van der Waals surface area (Å²) in [5.41, 5.74) is 6.08. The van der Waals surface area contributed by atoms with Crippen molar-refractivity contribution in [2.75, 3.05) is 7.11 Å². The number of para-hydroxylation sites is 1. The van der Waals surface area contributed by atoms with Crippen LogP contribution in [0.15, 0.2) is 85.5 Å². The molecule has 0 unspecified atom stereocenters. The normalized spacial score (nSPS) is 14.2. The number of rotatable bonds is 4. The first-order chi connectivity index (χ1) is 18.2. The predicted molar refractivity (Wildman–Crippen MR) is 136 cm³/mol. The average molecular weight is 488 g/mol. The molecule has 5 heterocycles. The van der Waals surface area contributed by atoms with Crippen LogP contribution in [0.5, 0.6) is 17.5 Å². The van der Waals surface area contributed by atoms with Gasteiger partial charge >= 0.3 is 0 Å². The molecule has 0 saturated carbocycles. The third-order valence-corrected chi connectivity index (χ3v) is 6.59. The minimum atomic E-state index is -0.242. The number of benzene rings is 2. The maximum Gasteiger partial charge on any atom is 0.230 e. The van der Waals surface area contributed by atoms with Gasteiger partial charge in [-0.1, -0.05) is 24.3 Å². The predicted octanol–water partition coefficient (Wildman–Crippen LogP) is 4.97. The number of hydrogen-bond acceptors (Lipinski definition) is 7. The molecule has 7 rings (SSSR count). The first kappa shape index (κ1) is 21.3. The van der Waals surface area contributed by atoms with Gasteiger partial charge < -0.3 is 9.47 Å². The highest BCUT2D eigenvalue weighted by Crippen LogP contribution is 2.49. The van der Waals surface area contributed by atoms with Crippen molar-refractivity contribution in [1.82, 2.24) is 34.3 Å². The zero-order chi connectivity index (χ0) is 24.9. The summed E-state index contributed by atoms with van der Waals surface area (Å²) >= 11 is 0. The number of hydrogen-bond donors (Lipinski definition) is 0. The first-order valence-electron chi connectivity index (χ1n) is 11.8. The summed E-state index contributed by atoms with van der Waals surface area (Å²) in [5.74, 6) is 2.23. The van der Waals surface area contributed by atoms with Crippen LogP contribution in [0.2, 0.25) is 0 Å². The van der Waals surface area contributed by atoms with E-state index >= 15 is 0 Å². The molecule has 1 aliphatic heterocycles. The van der Waals surface area contributed by atoms with E-state index in [0.717, 1.165) is 39.4 Å². The Morgan fingerprint density at radius 3 is 2.51 bits per heavy atom. The summed E-state index contributed by atoms with van der Waals surface area (Å²) in [7, 11) is 1.64. The number of aromatic nitrogens is 7. The lowest BCUT2D eigenvalue weighted by Gasteiger charge is -2.26. The number of nitrogens with zero attached hydrogens (tertiary/aromatic N) is 7. The van der Waals surface area contributed by atoms with E-state index in [-0.39, 0.29) is 5.92 Å². The number of aryl methyl sites for hydroxylation is 1. The molecule has 37 heavy (non-hydrogen) atoms. The van der Waals surface area contributed by atoms with E-state index in [9.17, 15) is 0 Å². The third-order valence-electron chi connectivity index (χ3n) is 6.59. The molecular weight excluding hydrogens is 466 g/mol. The van der Waals surface area contributed by atoms with Crippen molar-refractivity contribution in [2.24, 2.45) is 0 Å². The SMILES string of the molecule is COc1ccc(-c2nc3c4c(ncn3n2)Oc2c(c(C)nn2-c2ccccc2)[C@@H]4c2cccnc2)cc1. The molecule has 9 heteroatoms. The number of ether oxygens (including phenoxy) is 2. The summed E-state index contributed by atoms with van der Waals surface area (Å²) < 4.78 is 15.3. The van der Waals surface area contributed by atoms with Crippen molar-refractivity contribution in [1.29, 1.82) is 0 Å². The Kier molecular flexibility index (Phi) is 4.75. The van der Waals surface area contributed by atoms with Crippen molar-refractivity contribution in [2.45, 2.75) is 12.8 Å². The fourth-order valence-electron chi connectivity index (χ4n) is 4.86. The van der Waals surface area contributed by atoms with Crippen molar-refractivity contribution >= 4 is 5.65 Å². The second-order valence-electron chi connectivity index (χ2n) is 8.77. The molecule has 1 atom stereocenters. The van der Waals surface area contributed by atoms with Gasteiger partial charge in [0.15, 0.2) is 11.5 Å². The summed E-state index contributed by atoms with van der Waals surface area (Å²) in [6.07, 6.45) is 5.27. The monoisotopic (exact) mass is 487 g/mol. The van der Waals surface area contributed by atoms with Crippen molar-refractivity contribution < 1.29 is 9.47 Å². The summed E-state index contributed by atoms with van der Waals surface area (Å²) in [6.45, 7) is 2.00. The van der Waals surface area contributed by atoms with Crippen LogP contribution in [-0.2, 0) is 0 Å². The maximum absolute atomic E-state index is 6.46. The number of fused-ring (bicyclic) bond motifs is 4. The number of methoxy groups -OCH3 is 1. The molecule has 0 bridgehead atoms. The van der Waals surface area contributed by atoms with E-state index in [1.54, 1.807) is 24.1 Å². The van der Waals surface area contributed by atoms with Gasteiger partial charge in [0.25, 0.3) is 0 Å². The molecule has 9 nitrogen and oxygen atoms in total. The van der Waals surface area contributed by atoms with Crippen LogP contribution in [-0.4, -0.2) is 41.5 Å². The highest BCUT2D eigenvalue weighted by atomic mass is 16.5. The maximum atomic E-state index is 6.46. The zero-order valence-corrected chi connectivity index (χ0v) is 20.1. The quantitative estimate of drug-likeness (QED) is 0.346. The minimum absolute atomic E-state index is 0.242. The van der Waals surface area contributed by atoms with E-state index in [0.29, 0.717) is 23.2 Å². The van der Waals surface area contributed by atoms with Gasteiger partial charge in [-0.15, -0.1) is 5.10 Å². The molecule has 180 valence electrons. The molecule has 0 aliphatic carbocycles. The molecule has 0 amide bonds. The Morgan fingerprint density at radius 1 is 0.919 bits per heavy atom. The highest BCUT2D eigenvalue weighted by molar-refractivity contribution is 5.68. The molecule has 0 saturated heterocycles. The Labute approximate surface area is 212 Å². The van der Waals surface area contributed by atoms with Crippen LogP contribution in [0, 0.1) is 6.92 Å². The molecule has 0 N–H and O–H groups in total. The first-order valence-corrected chi connectivity index (χ1v) is 11.8. The van der Waals surface area contributed by atoms with Gasteiger partial charge in [0.05, 0.1) is 35.5 Å². The fraction of sp³-hybridized carbons (Fsp3) is 0.107. The van der Waals surface area contributed by atoms with Gasteiger partial charge in [-0.05, 0) is 55.0 Å². The lowest BCUT2D eigenvalue weighted by atomic mass is 9.85. The van der Waals surface area contributed by atoms with Gasteiger partial charge in [0.2, 0.25) is 11.8 Å². The third kappa shape index (κ3) is 3.35. The van der Waals surface area contributed by atoms with E-state index in [4.69, 9.17) is 24.7 Å². The van der Waals surface area contributed by atoms with E-state index < -0.39 is 0 Å². The molecule has 4 aromatic heterocycles. The summed E-state index contributed by atoms with van der Waals surface area (Å²) in [4.78, 5) is 14.0. The van der Waals surface area contributed by atoms with Gasteiger partial charge in [-0.2, -0.15) is 5.10 Å². The van der Waals surface area contributed by atoms with Crippen LogP contribution in [0.25, 0.3) is 22.7 Å². The van der Waals surface area contributed by atoms with Gasteiger partial charge in [0, 0.05) is 18.0 Å². The van der Waals surface area contributed by atoms with Gasteiger partial charge in [-0.3, -0.25) is 4.98 Å². The highest BCUT2D eigenvalue weighted by Gasteiger charge is 2.38. The fourth-order valence-corrected chi connectivity index (χ4v) is 4.86. The van der Waals surface area contributed by atoms with Crippen LogP contribution in [0.4, 0.5) is 0 Å². The lowest BCUT2D eigenvalue weighted by molar-refractivity contribution is 0.402. The summed E-state index contributed by atoms with van der Waals surface area (Å²) in [6, 6.07) is 21.6. The Hall–Kier alpha value is -5.05. The Balaban J connectivity index is 1.46. The topological polar surface area (TPSA) is 92.3 Å². The van der Waals surface area contributed by atoms with Crippen LogP contribution in [0.1, 0.15) is 28.3 Å². The van der Waals surface area contributed by atoms with Crippen LogP contribution in [0.3, 0.4) is 0 Å². The molecule has 1 aliphatic rings. The van der Waals surface area contributed by atoms with Gasteiger partial charge in [0.1, 0.15) is 12.1 Å². The molecule has 2 aromatic carbocycles. The van der Waals surface area contributed by atoms with Crippen molar-refractivity contribution in [3.63, 3.8) is 0 Å². The molecule has 6 aromatic rings. The average Bonchev–Trinajstić information content (AvgIpc) is 3.54. The van der Waals surface area contributed by atoms with Gasteiger partial charge in [-0.25, -0.2) is 19.2 Å². The largest absolute Gasteiger partial charge is 0.497 e. The molecule has 0 radical (unpaired) electrons. The zero-order valence-electron chi connectivity index (χ0n) is 20.1. The molecule has 0 fully saturated rings. The lowest BCUT2D eigenvalue weighted by Crippen LogP contribution is -2.16.